The van der Waals surface area contributed by atoms with Crippen molar-refractivity contribution in [2.45, 2.75) is 26.3 Å². The smallest absolute Gasteiger partial charge is 0.141 e. The zero-order valence-corrected chi connectivity index (χ0v) is 15.9. The van der Waals surface area contributed by atoms with Crippen LogP contribution in [0.4, 0.5) is 0 Å². The van der Waals surface area contributed by atoms with Crippen LogP contribution in [0, 0.1) is 13.8 Å². The molecule has 2 aromatic carbocycles. The van der Waals surface area contributed by atoms with Crippen LogP contribution in [0.15, 0.2) is 53.2 Å². The molecule has 0 amide bonds. The molecule has 3 heterocycles. The maximum absolute atomic E-state index is 5.38. The first kappa shape index (κ1) is 16.3. The van der Waals surface area contributed by atoms with Crippen molar-refractivity contribution in [1.82, 2.24) is 15.0 Å². The summed E-state index contributed by atoms with van der Waals surface area (Å²) < 4.78 is 5.38. The maximum Gasteiger partial charge on any atom is 0.141 e. The number of rotatable bonds is 2. The van der Waals surface area contributed by atoms with Gasteiger partial charge in [-0.15, -0.1) is 0 Å². The van der Waals surface area contributed by atoms with Crippen LogP contribution in [0.1, 0.15) is 34.1 Å². The van der Waals surface area contributed by atoms with Crippen molar-refractivity contribution in [2.75, 3.05) is 13.6 Å². The fourth-order valence-corrected chi connectivity index (χ4v) is 4.47. The lowest BCUT2D eigenvalue weighted by Gasteiger charge is -2.33. The molecule has 0 radical (unpaired) electrons. The van der Waals surface area contributed by atoms with Gasteiger partial charge < -0.3 is 14.4 Å². The fraction of sp³-hybridized carbons (Fsp3) is 0.261. The zero-order valence-electron chi connectivity index (χ0n) is 15.9. The van der Waals surface area contributed by atoms with Crippen LogP contribution < -0.4 is 0 Å². The van der Waals surface area contributed by atoms with Gasteiger partial charge >= 0.3 is 0 Å². The third-order valence-corrected chi connectivity index (χ3v) is 5.75. The predicted molar refractivity (Wildman–Crippen MR) is 108 cm³/mol. The zero-order chi connectivity index (χ0) is 18.5. The van der Waals surface area contributed by atoms with Gasteiger partial charge in [-0.2, -0.15) is 0 Å². The SMILES string of the molecule is Cc1noc(C)c1-c1ccc2c(c1)CN(C)CC2c1ccc2[nH]ccc2c1. The second-order valence-corrected chi connectivity index (χ2v) is 7.69. The molecule has 4 heteroatoms. The minimum atomic E-state index is 0.386. The summed E-state index contributed by atoms with van der Waals surface area (Å²) in [6.07, 6.45) is 2.01. The number of hydrogen-bond acceptors (Lipinski definition) is 3. The maximum atomic E-state index is 5.38. The van der Waals surface area contributed by atoms with Crippen LogP contribution in [0.3, 0.4) is 0 Å². The first-order valence-electron chi connectivity index (χ1n) is 9.42. The Balaban J connectivity index is 1.61. The average molecular weight is 357 g/mol. The molecule has 1 aliphatic rings. The van der Waals surface area contributed by atoms with E-state index in [1.54, 1.807) is 0 Å². The van der Waals surface area contributed by atoms with E-state index in [4.69, 9.17) is 4.52 Å². The van der Waals surface area contributed by atoms with E-state index in [1.165, 1.54) is 33.2 Å². The number of aromatic nitrogens is 2. The van der Waals surface area contributed by atoms with E-state index in [0.29, 0.717) is 5.92 Å². The van der Waals surface area contributed by atoms with Gasteiger partial charge in [0.1, 0.15) is 5.76 Å². The molecule has 0 bridgehead atoms. The Morgan fingerprint density at radius 1 is 1.11 bits per heavy atom. The van der Waals surface area contributed by atoms with Gasteiger partial charge in [0, 0.05) is 36.3 Å². The largest absolute Gasteiger partial charge is 0.361 e. The summed E-state index contributed by atoms with van der Waals surface area (Å²) in [6.45, 7) is 5.99. The van der Waals surface area contributed by atoms with Crippen LogP contribution in [-0.4, -0.2) is 28.6 Å². The molecular weight excluding hydrogens is 334 g/mol. The van der Waals surface area contributed by atoms with E-state index in [2.05, 4.69) is 64.6 Å². The first-order chi connectivity index (χ1) is 13.1. The second-order valence-electron chi connectivity index (χ2n) is 7.69. The van der Waals surface area contributed by atoms with E-state index >= 15 is 0 Å². The number of H-pyrrole nitrogens is 1. The van der Waals surface area contributed by atoms with Crippen LogP contribution in [0.2, 0.25) is 0 Å². The lowest BCUT2D eigenvalue weighted by Crippen LogP contribution is -2.31. The van der Waals surface area contributed by atoms with E-state index in [-0.39, 0.29) is 0 Å². The molecule has 0 saturated heterocycles. The van der Waals surface area contributed by atoms with Crippen LogP contribution >= 0.6 is 0 Å². The van der Waals surface area contributed by atoms with Gasteiger partial charge in [0.25, 0.3) is 0 Å². The van der Waals surface area contributed by atoms with Crippen LogP contribution in [0.25, 0.3) is 22.0 Å². The molecule has 2 aromatic heterocycles. The topological polar surface area (TPSA) is 45.1 Å². The van der Waals surface area contributed by atoms with Crippen molar-refractivity contribution in [3.8, 4) is 11.1 Å². The average Bonchev–Trinajstić information content (AvgIpc) is 3.26. The monoisotopic (exact) mass is 357 g/mol. The summed E-state index contributed by atoms with van der Waals surface area (Å²) >= 11 is 0. The number of nitrogens with zero attached hydrogens (tertiary/aromatic N) is 2. The molecule has 0 aliphatic carbocycles. The quantitative estimate of drug-likeness (QED) is 0.548. The van der Waals surface area contributed by atoms with Gasteiger partial charge in [-0.25, -0.2) is 0 Å². The molecule has 1 aliphatic heterocycles. The standard InChI is InChI=1S/C23H23N3O/c1-14-23(15(2)27-25-14)18-4-6-20-19(11-18)12-26(3)13-21(20)16-5-7-22-17(10-16)8-9-24-22/h4-11,21,24H,12-13H2,1-3H3. The van der Waals surface area contributed by atoms with Crippen LogP contribution in [0.5, 0.6) is 0 Å². The third-order valence-electron chi connectivity index (χ3n) is 5.75. The Kier molecular flexibility index (Phi) is 3.69. The molecule has 1 atom stereocenters. The lowest BCUT2D eigenvalue weighted by molar-refractivity contribution is 0.295. The third kappa shape index (κ3) is 2.68. The van der Waals surface area contributed by atoms with Gasteiger partial charge in [0.2, 0.25) is 0 Å². The van der Waals surface area contributed by atoms with Crippen molar-refractivity contribution in [3.63, 3.8) is 0 Å². The molecule has 0 spiro atoms. The molecule has 1 unspecified atom stereocenters. The van der Waals surface area contributed by atoms with Gasteiger partial charge in [0.15, 0.2) is 0 Å². The number of aromatic amines is 1. The molecule has 4 nitrogen and oxygen atoms in total. The Labute approximate surface area is 158 Å². The molecule has 4 aromatic rings. The summed E-state index contributed by atoms with van der Waals surface area (Å²) in [5.41, 5.74) is 8.65. The summed E-state index contributed by atoms with van der Waals surface area (Å²) in [4.78, 5) is 5.69. The highest BCUT2D eigenvalue weighted by molar-refractivity contribution is 5.80. The van der Waals surface area contributed by atoms with Gasteiger partial charge in [-0.3, -0.25) is 0 Å². The van der Waals surface area contributed by atoms with Crippen molar-refractivity contribution >= 4 is 10.9 Å². The van der Waals surface area contributed by atoms with Crippen molar-refractivity contribution in [1.29, 1.82) is 0 Å². The lowest BCUT2D eigenvalue weighted by atomic mass is 9.83. The predicted octanol–water partition coefficient (Wildman–Crippen LogP) is 5.02. The molecule has 0 saturated carbocycles. The fourth-order valence-electron chi connectivity index (χ4n) is 4.47. The molecular formula is C23H23N3O. The summed E-state index contributed by atoms with van der Waals surface area (Å²) in [7, 11) is 2.20. The van der Waals surface area contributed by atoms with Gasteiger partial charge in [0.05, 0.1) is 5.69 Å². The first-order valence-corrected chi connectivity index (χ1v) is 9.42. The summed E-state index contributed by atoms with van der Waals surface area (Å²) in [5.74, 6) is 1.27. The second kappa shape index (κ2) is 6.10. The molecule has 1 N–H and O–H groups in total. The number of nitrogens with one attached hydrogen (secondary N) is 1. The Morgan fingerprint density at radius 3 is 2.81 bits per heavy atom. The van der Waals surface area contributed by atoms with Gasteiger partial charge in [-0.1, -0.05) is 23.4 Å². The molecule has 136 valence electrons. The Hall–Kier alpha value is -2.85. The van der Waals surface area contributed by atoms with Crippen molar-refractivity contribution in [2.24, 2.45) is 0 Å². The Bertz CT molecular complexity index is 1120. The van der Waals surface area contributed by atoms with E-state index in [0.717, 1.165) is 30.1 Å². The van der Waals surface area contributed by atoms with E-state index in [9.17, 15) is 0 Å². The summed E-state index contributed by atoms with van der Waals surface area (Å²) in [5, 5.41) is 5.39. The Morgan fingerprint density at radius 2 is 2.00 bits per heavy atom. The normalized spacial score (nSPS) is 17.4. The van der Waals surface area contributed by atoms with Crippen molar-refractivity contribution in [3.05, 3.63) is 76.8 Å². The number of aryl methyl sites for hydroxylation is 2. The van der Waals surface area contributed by atoms with E-state index in [1.807, 2.05) is 20.0 Å². The minimum Gasteiger partial charge on any atom is -0.361 e. The molecule has 27 heavy (non-hydrogen) atoms. The van der Waals surface area contributed by atoms with Gasteiger partial charge in [-0.05, 0) is 72.8 Å². The number of likely N-dealkylation sites (N-methyl/N-ethyl adjacent to an activating group) is 1. The number of hydrogen-bond donors (Lipinski definition) is 1. The highest BCUT2D eigenvalue weighted by Gasteiger charge is 2.26. The van der Waals surface area contributed by atoms with E-state index < -0.39 is 0 Å². The molecule has 0 fully saturated rings. The highest BCUT2D eigenvalue weighted by atomic mass is 16.5. The summed E-state index contributed by atoms with van der Waals surface area (Å²) in [6, 6.07) is 15.8. The minimum absolute atomic E-state index is 0.386. The number of fused-ring (bicyclic) bond motifs is 2. The highest BCUT2D eigenvalue weighted by Crippen LogP contribution is 2.37. The van der Waals surface area contributed by atoms with Crippen molar-refractivity contribution < 1.29 is 4.52 Å². The molecule has 5 rings (SSSR count). The van der Waals surface area contributed by atoms with Crippen LogP contribution in [-0.2, 0) is 6.54 Å². The number of benzene rings is 2.